The molecule has 6 heteroatoms. The largest absolute Gasteiger partial charge is 0.388 e. The zero-order valence-corrected chi connectivity index (χ0v) is 13.3. The van der Waals surface area contributed by atoms with E-state index in [0.29, 0.717) is 38.0 Å². The number of halogens is 2. The molecule has 2 heterocycles. The Hall–Kier alpha value is -2.05. The Morgan fingerprint density at radius 2 is 1.88 bits per heavy atom. The third-order valence-corrected chi connectivity index (χ3v) is 4.56. The third kappa shape index (κ3) is 3.88. The van der Waals surface area contributed by atoms with Crippen molar-refractivity contribution < 1.29 is 13.9 Å². The standard InChI is InChI=1S/C18H20F2N2O2/c19-15-5-4-14(16(20)11-15)12-21-9-6-18(24,7-10-21)13-22-8-2-1-3-17(22)23/h1-5,8,11,24H,6-7,9-10,12-13H2. The van der Waals surface area contributed by atoms with Gasteiger partial charge in [-0.15, -0.1) is 0 Å². The molecule has 1 aromatic heterocycles. The summed E-state index contributed by atoms with van der Waals surface area (Å²) in [6.07, 6.45) is 2.66. The molecule has 0 spiro atoms. The summed E-state index contributed by atoms with van der Waals surface area (Å²) in [7, 11) is 0. The molecule has 24 heavy (non-hydrogen) atoms. The van der Waals surface area contributed by atoms with E-state index in [4.69, 9.17) is 0 Å². The van der Waals surface area contributed by atoms with Crippen molar-refractivity contribution in [2.24, 2.45) is 0 Å². The van der Waals surface area contributed by atoms with Gasteiger partial charge in [0.1, 0.15) is 11.6 Å². The predicted octanol–water partition coefficient (Wildman–Crippen LogP) is 2.15. The summed E-state index contributed by atoms with van der Waals surface area (Å²) in [5.41, 5.74) is -0.633. The Bertz CT molecular complexity index is 768. The van der Waals surface area contributed by atoms with E-state index in [-0.39, 0.29) is 12.1 Å². The first-order valence-corrected chi connectivity index (χ1v) is 7.99. The van der Waals surface area contributed by atoms with Crippen LogP contribution in [0.4, 0.5) is 8.78 Å². The van der Waals surface area contributed by atoms with Gasteiger partial charge in [-0.1, -0.05) is 12.1 Å². The van der Waals surface area contributed by atoms with E-state index in [0.717, 1.165) is 6.07 Å². The summed E-state index contributed by atoms with van der Waals surface area (Å²) < 4.78 is 28.2. The number of nitrogens with zero attached hydrogens (tertiary/aromatic N) is 2. The highest BCUT2D eigenvalue weighted by molar-refractivity contribution is 5.18. The molecule has 1 aromatic carbocycles. The van der Waals surface area contributed by atoms with Crippen LogP contribution >= 0.6 is 0 Å². The first-order valence-electron chi connectivity index (χ1n) is 7.99. The minimum absolute atomic E-state index is 0.137. The molecular weight excluding hydrogens is 314 g/mol. The SMILES string of the molecule is O=c1ccccn1CC1(O)CCN(Cc2ccc(F)cc2F)CC1. The van der Waals surface area contributed by atoms with Gasteiger partial charge in [-0.05, 0) is 25.0 Å². The van der Waals surface area contributed by atoms with E-state index >= 15 is 0 Å². The van der Waals surface area contributed by atoms with Gasteiger partial charge in [0, 0.05) is 43.5 Å². The number of hydrogen-bond donors (Lipinski definition) is 1. The normalized spacial score (nSPS) is 17.8. The van der Waals surface area contributed by atoms with Crippen molar-refractivity contribution in [3.05, 3.63) is 70.1 Å². The van der Waals surface area contributed by atoms with Crippen LogP contribution in [0.25, 0.3) is 0 Å². The van der Waals surface area contributed by atoms with Gasteiger partial charge in [0.15, 0.2) is 0 Å². The Morgan fingerprint density at radius 1 is 1.12 bits per heavy atom. The zero-order valence-electron chi connectivity index (χ0n) is 13.3. The van der Waals surface area contributed by atoms with Gasteiger partial charge in [-0.3, -0.25) is 9.69 Å². The van der Waals surface area contributed by atoms with Gasteiger partial charge in [0.25, 0.3) is 5.56 Å². The molecule has 0 saturated carbocycles. The van der Waals surface area contributed by atoms with Crippen LogP contribution in [0.3, 0.4) is 0 Å². The average molecular weight is 334 g/mol. The summed E-state index contributed by atoms with van der Waals surface area (Å²) in [6, 6.07) is 8.49. The number of aliphatic hydroxyl groups is 1. The van der Waals surface area contributed by atoms with E-state index < -0.39 is 17.2 Å². The summed E-state index contributed by atoms with van der Waals surface area (Å²) in [5, 5.41) is 10.7. The highest BCUT2D eigenvalue weighted by atomic mass is 19.1. The van der Waals surface area contributed by atoms with E-state index in [9.17, 15) is 18.7 Å². The summed E-state index contributed by atoms with van der Waals surface area (Å²) >= 11 is 0. The molecule has 1 saturated heterocycles. The first-order chi connectivity index (χ1) is 11.5. The van der Waals surface area contributed by atoms with Gasteiger partial charge in [-0.25, -0.2) is 8.78 Å². The minimum Gasteiger partial charge on any atom is -0.388 e. The fourth-order valence-corrected chi connectivity index (χ4v) is 3.08. The topological polar surface area (TPSA) is 45.5 Å². The van der Waals surface area contributed by atoms with Gasteiger partial charge >= 0.3 is 0 Å². The predicted molar refractivity (Wildman–Crippen MR) is 86.5 cm³/mol. The molecule has 2 aromatic rings. The molecule has 1 N–H and O–H groups in total. The van der Waals surface area contributed by atoms with Crippen LogP contribution in [-0.4, -0.2) is 33.3 Å². The Morgan fingerprint density at radius 3 is 2.54 bits per heavy atom. The van der Waals surface area contributed by atoms with Crippen molar-refractivity contribution in [1.29, 1.82) is 0 Å². The molecule has 0 amide bonds. The number of likely N-dealkylation sites (tertiary alicyclic amines) is 1. The Balaban J connectivity index is 1.61. The lowest BCUT2D eigenvalue weighted by molar-refractivity contribution is -0.0365. The smallest absolute Gasteiger partial charge is 0.250 e. The van der Waals surface area contributed by atoms with Crippen molar-refractivity contribution in [3.8, 4) is 0 Å². The molecular formula is C18H20F2N2O2. The van der Waals surface area contributed by atoms with Crippen molar-refractivity contribution in [2.45, 2.75) is 31.5 Å². The molecule has 0 unspecified atom stereocenters. The van der Waals surface area contributed by atoms with E-state index in [1.807, 2.05) is 4.90 Å². The van der Waals surface area contributed by atoms with Gasteiger partial charge in [-0.2, -0.15) is 0 Å². The number of aromatic nitrogens is 1. The summed E-state index contributed by atoms with van der Waals surface area (Å²) in [5.74, 6) is -1.13. The number of rotatable bonds is 4. The second-order valence-electron chi connectivity index (χ2n) is 6.40. The lowest BCUT2D eigenvalue weighted by atomic mass is 9.91. The van der Waals surface area contributed by atoms with Crippen molar-refractivity contribution >= 4 is 0 Å². The average Bonchev–Trinajstić information content (AvgIpc) is 2.54. The highest BCUT2D eigenvalue weighted by Gasteiger charge is 2.33. The molecule has 0 atom stereocenters. The molecule has 1 fully saturated rings. The molecule has 0 bridgehead atoms. The Kier molecular flexibility index (Phi) is 4.78. The quantitative estimate of drug-likeness (QED) is 0.932. The van der Waals surface area contributed by atoms with E-state index in [2.05, 4.69) is 0 Å². The summed E-state index contributed by atoms with van der Waals surface area (Å²) in [4.78, 5) is 13.8. The molecule has 0 aliphatic carbocycles. The van der Waals surface area contributed by atoms with Crippen molar-refractivity contribution in [3.63, 3.8) is 0 Å². The van der Waals surface area contributed by atoms with Gasteiger partial charge in [0.05, 0.1) is 12.1 Å². The first kappa shape index (κ1) is 16.8. The fraction of sp³-hybridized carbons (Fsp3) is 0.389. The number of piperidine rings is 1. The molecule has 0 radical (unpaired) electrons. The van der Waals surface area contributed by atoms with Crippen LogP contribution in [0.1, 0.15) is 18.4 Å². The fourth-order valence-electron chi connectivity index (χ4n) is 3.08. The van der Waals surface area contributed by atoms with Crippen LogP contribution in [0.5, 0.6) is 0 Å². The molecule has 1 aliphatic heterocycles. The maximum atomic E-state index is 13.7. The monoisotopic (exact) mass is 334 g/mol. The number of pyridine rings is 1. The maximum Gasteiger partial charge on any atom is 0.250 e. The van der Waals surface area contributed by atoms with Crippen LogP contribution in [0.2, 0.25) is 0 Å². The lowest BCUT2D eigenvalue weighted by Gasteiger charge is -2.38. The molecule has 128 valence electrons. The van der Waals surface area contributed by atoms with Crippen LogP contribution in [-0.2, 0) is 13.1 Å². The molecule has 3 rings (SSSR count). The number of hydrogen-bond acceptors (Lipinski definition) is 3. The molecule has 4 nitrogen and oxygen atoms in total. The van der Waals surface area contributed by atoms with Gasteiger partial charge in [0.2, 0.25) is 0 Å². The zero-order chi connectivity index (χ0) is 17.2. The van der Waals surface area contributed by atoms with E-state index in [1.54, 1.807) is 18.3 Å². The van der Waals surface area contributed by atoms with Crippen LogP contribution < -0.4 is 5.56 Å². The minimum atomic E-state index is -0.941. The van der Waals surface area contributed by atoms with Crippen molar-refractivity contribution in [2.75, 3.05) is 13.1 Å². The van der Waals surface area contributed by atoms with Crippen molar-refractivity contribution in [1.82, 2.24) is 9.47 Å². The van der Waals surface area contributed by atoms with E-state index in [1.165, 1.54) is 22.8 Å². The maximum absolute atomic E-state index is 13.7. The summed E-state index contributed by atoms with van der Waals surface area (Å²) in [6.45, 7) is 1.82. The highest BCUT2D eigenvalue weighted by Crippen LogP contribution is 2.25. The molecule has 1 aliphatic rings. The lowest BCUT2D eigenvalue weighted by Crippen LogP contribution is -2.47. The van der Waals surface area contributed by atoms with Crippen LogP contribution in [0, 0.1) is 11.6 Å². The second-order valence-corrected chi connectivity index (χ2v) is 6.40. The number of benzene rings is 1. The van der Waals surface area contributed by atoms with Gasteiger partial charge < -0.3 is 9.67 Å². The third-order valence-electron chi connectivity index (χ3n) is 4.56. The van der Waals surface area contributed by atoms with Crippen LogP contribution in [0.15, 0.2) is 47.4 Å². The second kappa shape index (κ2) is 6.83. The Labute approximate surface area is 139 Å².